The standard InChI is InChI=1S/C21H29FN4OS.C6H8O7/c1-4-18(14-26-11-9-25(3)10-12-26)24-20(27)13-19-21(23-15(2)28-19)16-5-7-17(22)8-6-16;7-3(8)1-6(13,5(11)12)2-4(9)10/h5-8,18H,4,9-14H2,1-3H3,(H,24,27);13H,1-2H2,(H,7,8)(H,9,10)(H,11,12). The van der Waals surface area contributed by atoms with E-state index in [1.54, 1.807) is 12.1 Å². The number of amides is 1. The van der Waals surface area contributed by atoms with Crippen LogP contribution < -0.4 is 5.32 Å². The van der Waals surface area contributed by atoms with E-state index >= 15 is 0 Å². The first kappa shape index (κ1) is 33.7. The zero-order chi connectivity index (χ0) is 30.7. The van der Waals surface area contributed by atoms with Crippen LogP contribution in [0.25, 0.3) is 11.3 Å². The van der Waals surface area contributed by atoms with E-state index in [0.717, 1.165) is 60.3 Å². The van der Waals surface area contributed by atoms with E-state index < -0.39 is 36.4 Å². The Labute approximate surface area is 241 Å². The van der Waals surface area contributed by atoms with Gasteiger partial charge in [0.15, 0.2) is 5.60 Å². The average Bonchev–Trinajstić information content (AvgIpc) is 3.24. The molecule has 1 fully saturated rings. The Morgan fingerprint density at radius 3 is 2.10 bits per heavy atom. The lowest BCUT2D eigenvalue weighted by molar-refractivity contribution is -0.170. The number of aryl methyl sites for hydroxylation is 1. The highest BCUT2D eigenvalue weighted by Crippen LogP contribution is 2.28. The zero-order valence-corrected chi connectivity index (χ0v) is 24.1. The molecule has 1 atom stereocenters. The number of hydrogen-bond acceptors (Lipinski definition) is 9. The molecule has 1 saturated heterocycles. The number of carbonyl (C=O) groups excluding carboxylic acids is 1. The van der Waals surface area contributed by atoms with Crippen molar-refractivity contribution in [2.75, 3.05) is 39.8 Å². The summed E-state index contributed by atoms with van der Waals surface area (Å²) in [6.45, 7) is 9.18. The van der Waals surface area contributed by atoms with Crippen molar-refractivity contribution in [1.82, 2.24) is 20.1 Å². The Hall–Kier alpha value is -3.46. The first-order valence-corrected chi connectivity index (χ1v) is 13.9. The van der Waals surface area contributed by atoms with Crippen LogP contribution in [0.2, 0.25) is 0 Å². The van der Waals surface area contributed by atoms with Gasteiger partial charge in [0.05, 0.1) is 30.0 Å². The number of carbonyl (C=O) groups is 4. The summed E-state index contributed by atoms with van der Waals surface area (Å²) in [6.07, 6.45) is -1.08. The number of hydrogen-bond donors (Lipinski definition) is 5. The number of rotatable bonds is 12. The minimum atomic E-state index is -2.74. The lowest BCUT2D eigenvalue weighted by Gasteiger charge is -2.34. The molecule has 0 spiro atoms. The molecule has 0 bridgehead atoms. The third kappa shape index (κ3) is 11.1. The molecule has 2 aromatic rings. The van der Waals surface area contributed by atoms with E-state index in [4.69, 9.17) is 20.4 Å². The molecular formula is C27H37FN4O8S. The number of aliphatic hydroxyl groups is 1. The topological polar surface area (TPSA) is 181 Å². The Kier molecular flexibility index (Phi) is 12.8. The van der Waals surface area contributed by atoms with Gasteiger partial charge in [0, 0.05) is 49.2 Å². The van der Waals surface area contributed by atoms with Gasteiger partial charge in [-0.25, -0.2) is 14.2 Å². The van der Waals surface area contributed by atoms with E-state index in [1.165, 1.54) is 23.5 Å². The molecule has 0 radical (unpaired) electrons. The summed E-state index contributed by atoms with van der Waals surface area (Å²) >= 11 is 1.53. The van der Waals surface area contributed by atoms with E-state index in [2.05, 4.69) is 34.1 Å². The maximum atomic E-state index is 13.2. The molecule has 3 rings (SSSR count). The summed E-state index contributed by atoms with van der Waals surface area (Å²) in [6, 6.07) is 6.44. The first-order valence-electron chi connectivity index (χ1n) is 13.0. The van der Waals surface area contributed by atoms with Gasteiger partial charge in [0.25, 0.3) is 0 Å². The molecule has 1 aliphatic heterocycles. The van der Waals surface area contributed by atoms with Gasteiger partial charge in [-0.3, -0.25) is 19.3 Å². The van der Waals surface area contributed by atoms with Gasteiger partial charge in [-0.05, 0) is 44.7 Å². The molecule has 0 aliphatic carbocycles. The smallest absolute Gasteiger partial charge is 0.336 e. The SMILES string of the molecule is CCC(CN1CCN(C)CC1)NC(=O)Cc1sc(C)nc1-c1ccc(F)cc1.O=C(O)CC(O)(CC(=O)O)C(=O)O. The van der Waals surface area contributed by atoms with Gasteiger partial charge in [0.2, 0.25) is 5.91 Å². The number of nitrogens with zero attached hydrogens (tertiary/aromatic N) is 3. The number of carboxylic acids is 3. The zero-order valence-electron chi connectivity index (χ0n) is 23.3. The summed E-state index contributed by atoms with van der Waals surface area (Å²) in [4.78, 5) is 53.4. The van der Waals surface area contributed by atoms with E-state index in [0.29, 0.717) is 6.42 Å². The Balaban J connectivity index is 0.000000383. The molecule has 226 valence electrons. The van der Waals surface area contributed by atoms with Gasteiger partial charge < -0.3 is 30.6 Å². The van der Waals surface area contributed by atoms with Crippen molar-refractivity contribution in [1.29, 1.82) is 0 Å². The van der Waals surface area contributed by atoms with Gasteiger partial charge in [-0.2, -0.15) is 0 Å². The van der Waals surface area contributed by atoms with Gasteiger partial charge >= 0.3 is 17.9 Å². The fourth-order valence-electron chi connectivity index (χ4n) is 4.18. The molecule has 2 heterocycles. The van der Waals surface area contributed by atoms with Crippen LogP contribution >= 0.6 is 11.3 Å². The maximum Gasteiger partial charge on any atom is 0.336 e. The second-order valence-electron chi connectivity index (χ2n) is 9.94. The largest absolute Gasteiger partial charge is 0.481 e. The van der Waals surface area contributed by atoms with Crippen LogP contribution in [-0.2, 0) is 25.6 Å². The van der Waals surface area contributed by atoms with Gasteiger partial charge in [0.1, 0.15) is 5.82 Å². The van der Waals surface area contributed by atoms with Gasteiger partial charge in [-0.1, -0.05) is 6.92 Å². The number of nitrogens with one attached hydrogen (secondary N) is 1. The Morgan fingerprint density at radius 1 is 1.05 bits per heavy atom. The van der Waals surface area contributed by atoms with Crippen molar-refractivity contribution in [3.63, 3.8) is 0 Å². The van der Waals surface area contributed by atoms with E-state index in [1.807, 2.05) is 6.92 Å². The number of halogens is 1. The van der Waals surface area contributed by atoms with Crippen molar-refractivity contribution in [2.45, 2.75) is 51.2 Å². The van der Waals surface area contributed by atoms with E-state index in [-0.39, 0.29) is 17.8 Å². The van der Waals surface area contributed by atoms with Crippen LogP contribution in [0.1, 0.15) is 36.1 Å². The minimum Gasteiger partial charge on any atom is -0.481 e. The number of piperazine rings is 1. The number of aliphatic carboxylic acids is 3. The van der Waals surface area contributed by atoms with Crippen LogP contribution in [0.3, 0.4) is 0 Å². The van der Waals surface area contributed by atoms with Gasteiger partial charge in [-0.15, -0.1) is 11.3 Å². The van der Waals surface area contributed by atoms with Crippen LogP contribution in [0.5, 0.6) is 0 Å². The van der Waals surface area contributed by atoms with Crippen molar-refractivity contribution in [3.8, 4) is 11.3 Å². The number of aromatic nitrogens is 1. The van der Waals surface area contributed by atoms with Crippen molar-refractivity contribution >= 4 is 35.2 Å². The molecule has 1 unspecified atom stereocenters. The van der Waals surface area contributed by atoms with Crippen molar-refractivity contribution < 1.29 is 44.0 Å². The summed E-state index contributed by atoms with van der Waals surface area (Å²) in [5, 5.41) is 37.9. The summed E-state index contributed by atoms with van der Waals surface area (Å²) < 4.78 is 13.2. The van der Waals surface area contributed by atoms with Crippen LogP contribution in [0.15, 0.2) is 24.3 Å². The summed E-state index contributed by atoms with van der Waals surface area (Å²) in [5.41, 5.74) is -1.11. The molecule has 1 amide bonds. The minimum absolute atomic E-state index is 0.0213. The normalized spacial score (nSPS) is 15.0. The van der Waals surface area contributed by atoms with Crippen LogP contribution in [-0.4, -0.2) is 110 Å². The fourth-order valence-corrected chi connectivity index (χ4v) is 5.14. The molecule has 1 aliphatic rings. The highest BCUT2D eigenvalue weighted by atomic mass is 32.1. The molecule has 0 saturated carbocycles. The third-order valence-electron chi connectivity index (χ3n) is 6.46. The predicted octanol–water partition coefficient (Wildman–Crippen LogP) is 1.69. The highest BCUT2D eigenvalue weighted by molar-refractivity contribution is 7.12. The monoisotopic (exact) mass is 596 g/mol. The molecular weight excluding hydrogens is 559 g/mol. The van der Waals surface area contributed by atoms with Crippen molar-refractivity contribution in [2.24, 2.45) is 0 Å². The highest BCUT2D eigenvalue weighted by Gasteiger charge is 2.40. The number of likely N-dealkylation sites (N-methyl/N-ethyl adjacent to an activating group) is 1. The fraction of sp³-hybridized carbons (Fsp3) is 0.519. The first-order chi connectivity index (χ1) is 19.2. The second-order valence-corrected chi connectivity index (χ2v) is 11.2. The van der Waals surface area contributed by atoms with Crippen molar-refractivity contribution in [3.05, 3.63) is 40.0 Å². The summed E-state index contributed by atoms with van der Waals surface area (Å²) in [7, 11) is 2.15. The Bertz CT molecular complexity index is 1180. The van der Waals surface area contributed by atoms with Crippen LogP contribution in [0.4, 0.5) is 4.39 Å². The molecule has 14 heteroatoms. The maximum absolute atomic E-state index is 13.2. The third-order valence-corrected chi connectivity index (χ3v) is 7.43. The molecule has 1 aromatic heterocycles. The number of carboxylic acid groups (broad SMARTS) is 3. The molecule has 5 N–H and O–H groups in total. The molecule has 12 nitrogen and oxygen atoms in total. The summed E-state index contributed by atoms with van der Waals surface area (Å²) in [5.74, 6) is -5.27. The molecule has 41 heavy (non-hydrogen) atoms. The number of thiazole rings is 1. The van der Waals surface area contributed by atoms with Crippen LogP contribution in [0, 0.1) is 12.7 Å². The lowest BCUT2D eigenvalue weighted by Crippen LogP contribution is -2.50. The Morgan fingerprint density at radius 2 is 1.61 bits per heavy atom. The van der Waals surface area contributed by atoms with E-state index in [9.17, 15) is 23.6 Å². The predicted molar refractivity (Wildman–Crippen MR) is 149 cm³/mol. The average molecular weight is 597 g/mol. The second kappa shape index (κ2) is 15.5. The number of benzene rings is 1. The quantitative estimate of drug-likeness (QED) is 0.241. The molecule has 1 aromatic carbocycles. The lowest BCUT2D eigenvalue weighted by atomic mass is 9.96.